The number of amidine groups is 1. The third-order valence-electron chi connectivity index (χ3n) is 3.27. The number of hydrogen-bond donors (Lipinski definition) is 1. The van der Waals surface area contributed by atoms with Crippen LogP contribution in [0.4, 0.5) is 5.69 Å². The Bertz CT molecular complexity index is 772. The number of nitrogens with zero attached hydrogens (tertiary/aromatic N) is 1. The first-order chi connectivity index (χ1) is 11.0. The highest BCUT2D eigenvalue weighted by Crippen LogP contribution is 2.51. The van der Waals surface area contributed by atoms with E-state index in [9.17, 15) is 4.79 Å². The van der Waals surface area contributed by atoms with Gasteiger partial charge in [-0.25, -0.2) is 4.99 Å². The molecule has 0 unspecified atom stereocenters. The number of benzene rings is 2. The number of para-hydroxylation sites is 1. The number of halogens is 3. The van der Waals surface area contributed by atoms with Crippen molar-refractivity contribution in [3.8, 4) is 0 Å². The molecule has 1 heterocycles. The molecule has 23 heavy (non-hydrogen) atoms. The molecule has 0 bridgehead atoms. The highest BCUT2D eigenvalue weighted by atomic mass is 79.9. The predicted molar refractivity (Wildman–Crippen MR) is 104 cm³/mol. The lowest BCUT2D eigenvalue weighted by Crippen LogP contribution is -2.34. The van der Waals surface area contributed by atoms with Crippen molar-refractivity contribution in [1.82, 2.24) is 5.32 Å². The summed E-state index contributed by atoms with van der Waals surface area (Å²) in [5.74, 6) is -0.154. The second-order valence-electron chi connectivity index (χ2n) is 4.84. The molecule has 0 spiro atoms. The van der Waals surface area contributed by atoms with Crippen LogP contribution in [-0.2, 0) is 4.79 Å². The maximum atomic E-state index is 12.5. The topological polar surface area (TPSA) is 41.5 Å². The van der Waals surface area contributed by atoms with E-state index in [4.69, 9.17) is 11.6 Å². The van der Waals surface area contributed by atoms with Crippen molar-refractivity contribution in [3.05, 3.63) is 65.2 Å². The molecule has 0 aliphatic carbocycles. The standard InChI is InChI=1S/C16H11Br2ClN2OS/c17-13(10-6-2-1-3-7-10)16(18)14(22)21-15(23-16)20-12-9-5-4-8-11(12)19/h1-9,13H,(H,20,21,22)/t13-,16-/m1/s1. The van der Waals surface area contributed by atoms with E-state index in [0.29, 0.717) is 15.9 Å². The Labute approximate surface area is 160 Å². The van der Waals surface area contributed by atoms with Crippen LogP contribution in [0, 0.1) is 0 Å². The Hall–Kier alpha value is -0.820. The van der Waals surface area contributed by atoms with Crippen molar-refractivity contribution in [1.29, 1.82) is 0 Å². The second-order valence-corrected chi connectivity index (χ2v) is 9.18. The molecule has 0 saturated carbocycles. The fraction of sp³-hybridized carbons (Fsp3) is 0.125. The summed E-state index contributed by atoms with van der Waals surface area (Å²) in [6, 6.07) is 17.0. The first kappa shape index (κ1) is 17.0. The number of thioether (sulfide) groups is 1. The number of hydrogen-bond acceptors (Lipinski definition) is 3. The van der Waals surface area contributed by atoms with Gasteiger partial charge in [0.1, 0.15) is 0 Å². The molecule has 1 aliphatic rings. The number of alkyl halides is 2. The number of aliphatic imine (C=N–C) groups is 1. The minimum Gasteiger partial charge on any atom is -0.303 e. The molecular weight excluding hydrogens is 464 g/mol. The highest BCUT2D eigenvalue weighted by molar-refractivity contribution is 9.14. The maximum Gasteiger partial charge on any atom is 0.255 e. The van der Waals surface area contributed by atoms with E-state index < -0.39 is 3.66 Å². The van der Waals surface area contributed by atoms with Crippen molar-refractivity contribution in [2.45, 2.75) is 8.48 Å². The minimum absolute atomic E-state index is 0.154. The smallest absolute Gasteiger partial charge is 0.255 e. The monoisotopic (exact) mass is 472 g/mol. The van der Waals surface area contributed by atoms with Gasteiger partial charge in [0.05, 0.1) is 15.5 Å². The molecule has 1 saturated heterocycles. The average molecular weight is 475 g/mol. The molecule has 3 nitrogen and oxygen atoms in total. The van der Waals surface area contributed by atoms with Crippen molar-refractivity contribution in [3.63, 3.8) is 0 Å². The number of carbonyl (C=O) groups is 1. The fourth-order valence-corrected chi connectivity index (χ4v) is 4.85. The number of nitrogens with one attached hydrogen (secondary N) is 1. The molecule has 2 aromatic carbocycles. The number of rotatable bonds is 3. The first-order valence-electron chi connectivity index (χ1n) is 6.72. The summed E-state index contributed by atoms with van der Waals surface area (Å²) in [6.45, 7) is 0. The van der Waals surface area contributed by atoms with Gasteiger partial charge in [-0.3, -0.25) is 4.79 Å². The molecular formula is C16H11Br2ClN2OS. The van der Waals surface area contributed by atoms with Gasteiger partial charge >= 0.3 is 0 Å². The van der Waals surface area contributed by atoms with Gasteiger partial charge in [-0.05, 0) is 17.7 Å². The zero-order chi connectivity index (χ0) is 16.4. The Kier molecular flexibility index (Phi) is 5.16. The zero-order valence-electron chi connectivity index (χ0n) is 11.7. The summed E-state index contributed by atoms with van der Waals surface area (Å²) in [7, 11) is 0. The van der Waals surface area contributed by atoms with E-state index in [0.717, 1.165) is 5.56 Å². The molecule has 7 heteroatoms. The molecule has 1 aliphatic heterocycles. The van der Waals surface area contributed by atoms with Gasteiger partial charge in [0.15, 0.2) is 8.82 Å². The SMILES string of the molecule is O=C1NC(=Nc2ccccc2Cl)S[C@]1(Br)[C@H](Br)c1ccccc1. The van der Waals surface area contributed by atoms with Gasteiger partial charge in [0.25, 0.3) is 5.91 Å². The van der Waals surface area contributed by atoms with Gasteiger partial charge < -0.3 is 5.32 Å². The lowest BCUT2D eigenvalue weighted by atomic mass is 10.1. The second kappa shape index (κ2) is 6.97. The minimum atomic E-state index is -0.867. The van der Waals surface area contributed by atoms with Crippen LogP contribution in [0.3, 0.4) is 0 Å². The summed E-state index contributed by atoms with van der Waals surface area (Å²) < 4.78 is -0.867. The molecule has 3 rings (SSSR count). The number of carbonyl (C=O) groups excluding carboxylic acids is 1. The van der Waals surface area contributed by atoms with E-state index >= 15 is 0 Å². The third-order valence-corrected chi connectivity index (χ3v) is 8.13. The van der Waals surface area contributed by atoms with Crippen LogP contribution >= 0.6 is 55.2 Å². The summed E-state index contributed by atoms with van der Waals surface area (Å²) in [5, 5.41) is 3.87. The van der Waals surface area contributed by atoms with Crippen LogP contribution in [0.2, 0.25) is 5.02 Å². The maximum absolute atomic E-state index is 12.5. The van der Waals surface area contributed by atoms with Gasteiger partial charge in [0, 0.05) is 0 Å². The van der Waals surface area contributed by atoms with E-state index in [1.807, 2.05) is 42.5 Å². The summed E-state index contributed by atoms with van der Waals surface area (Å²) in [5.41, 5.74) is 1.63. The first-order valence-corrected chi connectivity index (χ1v) is 9.62. The average Bonchev–Trinajstić information content (AvgIpc) is 2.85. The predicted octanol–water partition coefficient (Wildman–Crippen LogP) is 5.42. The molecule has 0 radical (unpaired) electrons. The van der Waals surface area contributed by atoms with Gasteiger partial charge in [-0.1, -0.05) is 97.7 Å². The van der Waals surface area contributed by atoms with Crippen LogP contribution in [0.5, 0.6) is 0 Å². The molecule has 2 atom stereocenters. The van der Waals surface area contributed by atoms with E-state index in [1.165, 1.54) is 11.8 Å². The molecule has 1 amide bonds. The van der Waals surface area contributed by atoms with Gasteiger partial charge in [-0.2, -0.15) is 0 Å². The van der Waals surface area contributed by atoms with Gasteiger partial charge in [0.2, 0.25) is 0 Å². The highest BCUT2D eigenvalue weighted by Gasteiger charge is 2.50. The van der Waals surface area contributed by atoms with Crippen LogP contribution in [-0.4, -0.2) is 14.7 Å². The molecule has 1 N–H and O–H groups in total. The summed E-state index contributed by atoms with van der Waals surface area (Å²) in [6.07, 6.45) is 0. The summed E-state index contributed by atoms with van der Waals surface area (Å²) in [4.78, 5) is 16.7. The Morgan fingerprint density at radius 3 is 2.48 bits per heavy atom. The van der Waals surface area contributed by atoms with E-state index in [1.54, 1.807) is 12.1 Å². The van der Waals surface area contributed by atoms with Crippen molar-refractivity contribution < 1.29 is 4.79 Å². The van der Waals surface area contributed by atoms with Crippen molar-refractivity contribution in [2.24, 2.45) is 4.99 Å². The molecule has 2 aromatic rings. The van der Waals surface area contributed by atoms with Gasteiger partial charge in [-0.15, -0.1) is 0 Å². The van der Waals surface area contributed by atoms with Crippen molar-refractivity contribution in [2.75, 3.05) is 0 Å². The van der Waals surface area contributed by atoms with Crippen LogP contribution in [0.1, 0.15) is 10.4 Å². The molecule has 118 valence electrons. The van der Waals surface area contributed by atoms with Crippen LogP contribution in [0.15, 0.2) is 59.6 Å². The Balaban J connectivity index is 1.89. The molecule has 1 fully saturated rings. The fourth-order valence-electron chi connectivity index (χ4n) is 2.10. The van der Waals surface area contributed by atoms with Crippen LogP contribution < -0.4 is 5.32 Å². The van der Waals surface area contributed by atoms with E-state index in [-0.39, 0.29) is 10.7 Å². The summed E-state index contributed by atoms with van der Waals surface area (Å²) >= 11 is 14.6. The van der Waals surface area contributed by atoms with Crippen LogP contribution in [0.25, 0.3) is 0 Å². The lowest BCUT2D eigenvalue weighted by Gasteiger charge is -2.23. The Morgan fingerprint density at radius 2 is 1.78 bits per heavy atom. The Morgan fingerprint density at radius 1 is 1.13 bits per heavy atom. The zero-order valence-corrected chi connectivity index (χ0v) is 16.4. The lowest BCUT2D eigenvalue weighted by molar-refractivity contribution is -0.119. The van der Waals surface area contributed by atoms with E-state index in [2.05, 4.69) is 42.2 Å². The normalized spacial score (nSPS) is 23.8. The molecule has 0 aromatic heterocycles. The third kappa shape index (κ3) is 3.50. The number of amides is 1. The quantitative estimate of drug-likeness (QED) is 0.604. The van der Waals surface area contributed by atoms with Crippen molar-refractivity contribution >= 4 is 72.0 Å². The largest absolute Gasteiger partial charge is 0.303 e.